The second-order valence-corrected chi connectivity index (χ2v) is 9.54. The minimum Gasteiger partial charge on any atom is -0.387 e. The second kappa shape index (κ2) is 11.9. The lowest BCUT2D eigenvalue weighted by atomic mass is 9.88. The lowest BCUT2D eigenvalue weighted by Gasteiger charge is -2.32. The van der Waals surface area contributed by atoms with Crippen LogP contribution in [0.2, 0.25) is 0 Å². The zero-order chi connectivity index (χ0) is 23.8. The van der Waals surface area contributed by atoms with E-state index >= 15 is 0 Å². The van der Waals surface area contributed by atoms with Gasteiger partial charge in [0, 0.05) is 31.9 Å². The number of fused-ring (bicyclic) bond motifs is 1. The maximum atomic E-state index is 12.9. The molecule has 0 bridgehead atoms. The number of hydrogen-bond acceptors (Lipinski definition) is 4. The van der Waals surface area contributed by atoms with Crippen LogP contribution in [-0.2, 0) is 24.2 Å². The molecule has 2 aromatic carbocycles. The number of carbonyl (C=O) groups excluding carboxylic acids is 1. The van der Waals surface area contributed by atoms with Crippen LogP contribution in [0.15, 0.2) is 60.3 Å². The van der Waals surface area contributed by atoms with Crippen molar-refractivity contribution in [3.05, 3.63) is 82.6 Å². The number of aryl methyl sites for hydroxylation is 2. The van der Waals surface area contributed by atoms with E-state index in [1.54, 1.807) is 6.20 Å². The second-order valence-electron chi connectivity index (χ2n) is 9.54. The van der Waals surface area contributed by atoms with Crippen molar-refractivity contribution >= 4 is 5.91 Å². The van der Waals surface area contributed by atoms with E-state index in [2.05, 4.69) is 71.0 Å². The van der Waals surface area contributed by atoms with Crippen LogP contribution in [0, 0.1) is 11.3 Å². The molecule has 1 fully saturated rings. The van der Waals surface area contributed by atoms with Gasteiger partial charge in [-0.05, 0) is 67.2 Å². The molecule has 4 rings (SSSR count). The summed E-state index contributed by atoms with van der Waals surface area (Å²) in [7, 11) is 0. The van der Waals surface area contributed by atoms with E-state index in [1.165, 1.54) is 29.5 Å². The zero-order valence-electron chi connectivity index (χ0n) is 20.2. The van der Waals surface area contributed by atoms with Crippen molar-refractivity contribution in [3.8, 4) is 6.07 Å². The van der Waals surface area contributed by atoms with E-state index in [0.29, 0.717) is 0 Å². The molecule has 1 amide bonds. The van der Waals surface area contributed by atoms with Crippen molar-refractivity contribution in [1.82, 2.24) is 15.5 Å². The summed E-state index contributed by atoms with van der Waals surface area (Å²) in [5.41, 5.74) is 5.46. The molecule has 0 spiro atoms. The van der Waals surface area contributed by atoms with Crippen LogP contribution in [0.25, 0.3) is 0 Å². The van der Waals surface area contributed by atoms with Crippen LogP contribution in [0.5, 0.6) is 0 Å². The van der Waals surface area contributed by atoms with Gasteiger partial charge in [-0.2, -0.15) is 5.26 Å². The standard InChI is InChI=1S/C29H36N4O/c1-2-28(25-13-12-23-10-6-7-11-24(23)18-25)32-29(34)26(19-30)20-31-27-14-16-33(17-15-27)21-22-8-4-3-5-9-22/h3-5,8-9,12-13,18,20,27-28,31H,2,6-7,10-11,14-17,21H2,1H3,(H,32,34)/b26-20-. The maximum Gasteiger partial charge on any atom is 0.263 e. The van der Waals surface area contributed by atoms with Crippen LogP contribution in [0.4, 0.5) is 0 Å². The summed E-state index contributed by atoms with van der Waals surface area (Å²) in [6.07, 6.45) is 9.16. The summed E-state index contributed by atoms with van der Waals surface area (Å²) in [6.45, 7) is 5.05. The normalized spacial score (nSPS) is 17.9. The predicted molar refractivity (Wildman–Crippen MR) is 136 cm³/mol. The minimum atomic E-state index is -0.305. The van der Waals surface area contributed by atoms with Gasteiger partial charge in [-0.1, -0.05) is 55.5 Å². The first kappa shape index (κ1) is 24.0. The van der Waals surface area contributed by atoms with E-state index in [1.807, 2.05) is 6.07 Å². The molecule has 1 saturated heterocycles. The quantitative estimate of drug-likeness (QED) is 0.443. The third-order valence-corrected chi connectivity index (χ3v) is 7.15. The topological polar surface area (TPSA) is 68.2 Å². The van der Waals surface area contributed by atoms with Gasteiger partial charge in [0.1, 0.15) is 11.6 Å². The first-order valence-electron chi connectivity index (χ1n) is 12.7. The monoisotopic (exact) mass is 456 g/mol. The van der Waals surface area contributed by atoms with Gasteiger partial charge in [0.05, 0.1) is 6.04 Å². The molecule has 0 radical (unpaired) electrons. The van der Waals surface area contributed by atoms with Crippen LogP contribution in [0.3, 0.4) is 0 Å². The number of nitrogens with one attached hydrogen (secondary N) is 2. The maximum absolute atomic E-state index is 12.9. The highest BCUT2D eigenvalue weighted by molar-refractivity contribution is 5.97. The molecule has 1 heterocycles. The first-order valence-corrected chi connectivity index (χ1v) is 12.7. The van der Waals surface area contributed by atoms with Gasteiger partial charge in [0.25, 0.3) is 5.91 Å². The van der Waals surface area contributed by atoms with E-state index in [4.69, 9.17) is 0 Å². The molecule has 0 aromatic heterocycles. The Morgan fingerprint density at radius 2 is 1.85 bits per heavy atom. The van der Waals surface area contributed by atoms with Crippen LogP contribution in [-0.4, -0.2) is 29.9 Å². The molecule has 2 aliphatic rings. The number of benzene rings is 2. The molecule has 5 nitrogen and oxygen atoms in total. The third kappa shape index (κ3) is 6.27. The van der Waals surface area contributed by atoms with Crippen molar-refractivity contribution in [3.63, 3.8) is 0 Å². The van der Waals surface area contributed by atoms with Crippen LogP contribution in [0.1, 0.15) is 67.3 Å². The fourth-order valence-electron chi connectivity index (χ4n) is 5.08. The highest BCUT2D eigenvalue weighted by atomic mass is 16.1. The molecule has 1 atom stereocenters. The Bertz CT molecular complexity index is 1030. The van der Waals surface area contributed by atoms with Gasteiger partial charge in [-0.3, -0.25) is 9.69 Å². The number of nitrogens with zero attached hydrogens (tertiary/aromatic N) is 2. The summed E-state index contributed by atoms with van der Waals surface area (Å²) in [5.74, 6) is -0.305. The minimum absolute atomic E-state index is 0.0855. The first-order chi connectivity index (χ1) is 16.7. The van der Waals surface area contributed by atoms with E-state index in [-0.39, 0.29) is 23.6 Å². The van der Waals surface area contributed by atoms with Gasteiger partial charge in [0.2, 0.25) is 0 Å². The highest BCUT2D eigenvalue weighted by Crippen LogP contribution is 2.26. The molecule has 2 aromatic rings. The number of piperidine rings is 1. The average Bonchev–Trinajstić information content (AvgIpc) is 2.89. The van der Waals surface area contributed by atoms with Gasteiger partial charge in [-0.25, -0.2) is 0 Å². The van der Waals surface area contributed by atoms with Gasteiger partial charge in [-0.15, -0.1) is 0 Å². The molecule has 2 N–H and O–H groups in total. The van der Waals surface area contributed by atoms with E-state index < -0.39 is 0 Å². The van der Waals surface area contributed by atoms with Crippen molar-refractivity contribution in [1.29, 1.82) is 5.26 Å². The summed E-state index contributed by atoms with van der Waals surface area (Å²) >= 11 is 0. The number of amides is 1. The fourth-order valence-corrected chi connectivity index (χ4v) is 5.08. The lowest BCUT2D eigenvalue weighted by molar-refractivity contribution is -0.117. The number of hydrogen-bond donors (Lipinski definition) is 2. The molecule has 1 aliphatic carbocycles. The van der Waals surface area contributed by atoms with E-state index in [9.17, 15) is 10.1 Å². The molecular formula is C29H36N4O. The largest absolute Gasteiger partial charge is 0.387 e. The number of likely N-dealkylation sites (tertiary alicyclic amines) is 1. The van der Waals surface area contributed by atoms with Crippen LogP contribution >= 0.6 is 0 Å². The Kier molecular flexibility index (Phi) is 8.38. The zero-order valence-corrected chi connectivity index (χ0v) is 20.2. The Morgan fingerprint density at radius 3 is 2.56 bits per heavy atom. The Morgan fingerprint density at radius 1 is 1.12 bits per heavy atom. The van der Waals surface area contributed by atoms with Crippen molar-refractivity contribution in [2.75, 3.05) is 13.1 Å². The summed E-state index contributed by atoms with van der Waals surface area (Å²) in [4.78, 5) is 15.3. The summed E-state index contributed by atoms with van der Waals surface area (Å²) < 4.78 is 0. The Labute approximate surface area is 203 Å². The molecule has 1 aliphatic heterocycles. The smallest absolute Gasteiger partial charge is 0.263 e. The van der Waals surface area contributed by atoms with Gasteiger partial charge >= 0.3 is 0 Å². The molecule has 34 heavy (non-hydrogen) atoms. The molecule has 0 saturated carbocycles. The Hall–Kier alpha value is -3.10. The number of rotatable bonds is 8. The molecule has 178 valence electrons. The SMILES string of the molecule is CCC(NC(=O)/C(C#N)=C\NC1CCN(Cc2ccccc2)CC1)c1ccc2c(c1)CCCC2. The fraction of sp³-hybridized carbons (Fsp3) is 0.448. The summed E-state index contributed by atoms with van der Waals surface area (Å²) in [5, 5.41) is 16.0. The van der Waals surface area contributed by atoms with Crippen LogP contribution < -0.4 is 10.6 Å². The van der Waals surface area contributed by atoms with Crippen molar-refractivity contribution in [2.24, 2.45) is 0 Å². The van der Waals surface area contributed by atoms with Gasteiger partial charge < -0.3 is 10.6 Å². The van der Waals surface area contributed by atoms with Crippen molar-refractivity contribution < 1.29 is 4.79 Å². The predicted octanol–water partition coefficient (Wildman–Crippen LogP) is 4.79. The lowest BCUT2D eigenvalue weighted by Crippen LogP contribution is -2.40. The average molecular weight is 457 g/mol. The summed E-state index contributed by atoms with van der Waals surface area (Å²) in [6, 6.07) is 19.4. The number of nitriles is 1. The number of carbonyl (C=O) groups is 1. The van der Waals surface area contributed by atoms with Gasteiger partial charge in [0.15, 0.2) is 0 Å². The van der Waals surface area contributed by atoms with Crippen molar-refractivity contribution in [2.45, 2.75) is 70.5 Å². The Balaban J connectivity index is 1.30. The third-order valence-electron chi connectivity index (χ3n) is 7.15. The van der Waals surface area contributed by atoms with E-state index in [0.717, 1.165) is 57.3 Å². The highest BCUT2D eigenvalue weighted by Gasteiger charge is 2.21. The molecular weight excluding hydrogens is 420 g/mol. The molecule has 5 heteroatoms. The molecule has 1 unspecified atom stereocenters.